The van der Waals surface area contributed by atoms with Crippen molar-refractivity contribution in [2.75, 3.05) is 10.0 Å². The van der Waals surface area contributed by atoms with Gasteiger partial charge in [-0.3, -0.25) is 14.3 Å². The number of carbonyl (C=O) groups excluding carboxylic acids is 2. The molecule has 0 spiro atoms. The fourth-order valence-electron chi connectivity index (χ4n) is 2.74. The molecule has 0 saturated heterocycles. The van der Waals surface area contributed by atoms with Gasteiger partial charge in [-0.15, -0.1) is 0 Å². The van der Waals surface area contributed by atoms with Crippen LogP contribution in [0.1, 0.15) is 22.8 Å². The molecule has 0 fully saturated rings. The number of hydrogen-bond acceptors (Lipinski definition) is 4. The number of nitrogens with one attached hydrogen (secondary N) is 3. The van der Waals surface area contributed by atoms with Crippen LogP contribution in [0.3, 0.4) is 0 Å². The molecule has 0 atom stereocenters. The van der Waals surface area contributed by atoms with Gasteiger partial charge in [0.1, 0.15) is 0 Å². The van der Waals surface area contributed by atoms with Gasteiger partial charge >= 0.3 is 0 Å². The topological polar surface area (TPSA) is 104 Å². The van der Waals surface area contributed by atoms with E-state index >= 15 is 0 Å². The Morgan fingerprint density at radius 1 is 0.833 bits per heavy atom. The van der Waals surface area contributed by atoms with Gasteiger partial charge in [0.05, 0.1) is 4.90 Å². The third kappa shape index (κ3) is 5.68. The van der Waals surface area contributed by atoms with E-state index in [0.717, 1.165) is 5.56 Å². The number of rotatable bonds is 7. The lowest BCUT2D eigenvalue weighted by atomic mass is 10.2. The number of sulfonamides is 1. The molecule has 0 aliphatic heterocycles. The monoisotopic (exact) mass is 423 g/mol. The first-order chi connectivity index (χ1) is 14.3. The van der Waals surface area contributed by atoms with Crippen LogP contribution in [0, 0.1) is 0 Å². The molecule has 0 radical (unpaired) electrons. The number of carbonyl (C=O) groups is 2. The van der Waals surface area contributed by atoms with Gasteiger partial charge in [-0.05, 0) is 48.0 Å². The van der Waals surface area contributed by atoms with Crippen molar-refractivity contribution < 1.29 is 18.0 Å². The maximum absolute atomic E-state index is 12.6. The normalized spacial score (nSPS) is 10.8. The van der Waals surface area contributed by atoms with Gasteiger partial charge in [0.15, 0.2) is 0 Å². The summed E-state index contributed by atoms with van der Waals surface area (Å²) in [5.74, 6) is -0.550. The van der Waals surface area contributed by atoms with Gasteiger partial charge in [-0.1, -0.05) is 36.4 Å². The first kappa shape index (κ1) is 21.1. The molecule has 0 aliphatic carbocycles. The first-order valence-electron chi connectivity index (χ1n) is 9.16. The van der Waals surface area contributed by atoms with Crippen LogP contribution >= 0.6 is 0 Å². The zero-order chi connectivity index (χ0) is 21.6. The van der Waals surface area contributed by atoms with Crippen LogP contribution < -0.4 is 15.4 Å². The van der Waals surface area contributed by atoms with E-state index < -0.39 is 10.0 Å². The van der Waals surface area contributed by atoms with Gasteiger partial charge in [0.25, 0.3) is 15.9 Å². The Bertz CT molecular complexity index is 1140. The molecule has 30 heavy (non-hydrogen) atoms. The second kappa shape index (κ2) is 9.23. The van der Waals surface area contributed by atoms with Gasteiger partial charge in [0, 0.05) is 30.4 Å². The van der Waals surface area contributed by atoms with Crippen molar-refractivity contribution in [2.24, 2.45) is 0 Å². The molecule has 2 amide bonds. The maximum Gasteiger partial charge on any atom is 0.261 e. The van der Waals surface area contributed by atoms with Crippen LogP contribution in [-0.4, -0.2) is 20.2 Å². The van der Waals surface area contributed by atoms with E-state index in [1.165, 1.54) is 37.3 Å². The molecule has 7 nitrogen and oxygen atoms in total. The number of benzene rings is 3. The van der Waals surface area contributed by atoms with Crippen molar-refractivity contribution in [2.45, 2.75) is 18.4 Å². The van der Waals surface area contributed by atoms with Crippen LogP contribution in [0.2, 0.25) is 0 Å². The summed E-state index contributed by atoms with van der Waals surface area (Å²) in [6.07, 6.45) is 0. The summed E-state index contributed by atoms with van der Waals surface area (Å²) in [4.78, 5) is 23.5. The van der Waals surface area contributed by atoms with Crippen molar-refractivity contribution in [3.63, 3.8) is 0 Å². The summed E-state index contributed by atoms with van der Waals surface area (Å²) in [5, 5.41) is 5.39. The van der Waals surface area contributed by atoms with E-state index in [4.69, 9.17) is 0 Å². The first-order valence-corrected chi connectivity index (χ1v) is 10.6. The summed E-state index contributed by atoms with van der Waals surface area (Å²) < 4.78 is 27.7. The second-order valence-corrected chi connectivity index (χ2v) is 8.24. The van der Waals surface area contributed by atoms with Crippen molar-refractivity contribution in [3.05, 3.63) is 90.0 Å². The van der Waals surface area contributed by atoms with Crippen molar-refractivity contribution in [1.29, 1.82) is 0 Å². The lowest BCUT2D eigenvalue weighted by Crippen LogP contribution is -2.23. The van der Waals surface area contributed by atoms with E-state index in [1.54, 1.807) is 18.2 Å². The quantitative estimate of drug-likeness (QED) is 0.542. The number of anilines is 2. The Morgan fingerprint density at radius 3 is 2.20 bits per heavy atom. The average Bonchev–Trinajstić information content (AvgIpc) is 2.72. The van der Waals surface area contributed by atoms with Crippen LogP contribution in [0.5, 0.6) is 0 Å². The second-order valence-electron chi connectivity index (χ2n) is 6.56. The summed E-state index contributed by atoms with van der Waals surface area (Å²) in [5.41, 5.74) is 2.07. The Hall–Kier alpha value is -3.65. The lowest BCUT2D eigenvalue weighted by Gasteiger charge is -2.11. The zero-order valence-electron chi connectivity index (χ0n) is 16.3. The maximum atomic E-state index is 12.6. The van der Waals surface area contributed by atoms with Gasteiger partial charge in [-0.25, -0.2) is 8.42 Å². The standard InChI is InChI=1S/C22H21N3O4S/c1-16(26)24-19-10-12-21(13-11-19)30(28,29)25-20-9-5-8-18(14-20)22(27)23-15-17-6-3-2-4-7-17/h2-14,25H,15H2,1H3,(H,23,27)(H,24,26). The molecule has 8 heteroatoms. The van der Waals surface area contributed by atoms with E-state index in [9.17, 15) is 18.0 Å². The highest BCUT2D eigenvalue weighted by molar-refractivity contribution is 7.92. The highest BCUT2D eigenvalue weighted by Gasteiger charge is 2.15. The molecule has 3 rings (SSSR count). The molecule has 0 heterocycles. The Balaban J connectivity index is 1.69. The van der Waals surface area contributed by atoms with Crippen LogP contribution in [0.25, 0.3) is 0 Å². The van der Waals surface area contributed by atoms with Crippen molar-refractivity contribution in [1.82, 2.24) is 5.32 Å². The number of hydrogen-bond donors (Lipinski definition) is 3. The highest BCUT2D eigenvalue weighted by Crippen LogP contribution is 2.19. The summed E-state index contributed by atoms with van der Waals surface area (Å²) >= 11 is 0. The molecule has 0 saturated carbocycles. The SMILES string of the molecule is CC(=O)Nc1ccc(S(=O)(=O)Nc2cccc(C(=O)NCc3ccccc3)c2)cc1. The van der Waals surface area contributed by atoms with Gasteiger partial charge in [0.2, 0.25) is 5.91 Å². The Kier molecular flexibility index (Phi) is 6.48. The summed E-state index contributed by atoms with van der Waals surface area (Å²) in [6, 6.07) is 21.5. The van der Waals surface area contributed by atoms with Crippen molar-refractivity contribution in [3.8, 4) is 0 Å². The lowest BCUT2D eigenvalue weighted by molar-refractivity contribution is -0.114. The molecule has 3 aromatic carbocycles. The molecule has 0 aliphatic rings. The molecule has 0 unspecified atom stereocenters. The largest absolute Gasteiger partial charge is 0.348 e. The highest BCUT2D eigenvalue weighted by atomic mass is 32.2. The molecule has 0 bridgehead atoms. The van der Waals surface area contributed by atoms with E-state index in [-0.39, 0.29) is 22.4 Å². The minimum absolute atomic E-state index is 0.0375. The fourth-order valence-corrected chi connectivity index (χ4v) is 3.79. The van der Waals surface area contributed by atoms with Crippen LogP contribution in [0.15, 0.2) is 83.8 Å². The third-order valence-corrected chi connectivity index (χ3v) is 5.56. The third-order valence-electron chi connectivity index (χ3n) is 4.16. The minimum Gasteiger partial charge on any atom is -0.348 e. The average molecular weight is 423 g/mol. The molecule has 154 valence electrons. The smallest absolute Gasteiger partial charge is 0.261 e. The van der Waals surface area contributed by atoms with Crippen LogP contribution in [0.4, 0.5) is 11.4 Å². The molecular formula is C22H21N3O4S. The van der Waals surface area contributed by atoms with Crippen molar-refractivity contribution >= 4 is 33.2 Å². The summed E-state index contributed by atoms with van der Waals surface area (Å²) in [6.45, 7) is 1.74. The van der Waals surface area contributed by atoms with Gasteiger partial charge < -0.3 is 10.6 Å². The fraction of sp³-hybridized carbons (Fsp3) is 0.0909. The van der Waals surface area contributed by atoms with Crippen LogP contribution in [-0.2, 0) is 21.4 Å². The van der Waals surface area contributed by atoms with E-state index in [0.29, 0.717) is 17.8 Å². The molecule has 3 aromatic rings. The zero-order valence-corrected chi connectivity index (χ0v) is 17.1. The molecular weight excluding hydrogens is 402 g/mol. The molecule has 0 aromatic heterocycles. The van der Waals surface area contributed by atoms with Gasteiger partial charge in [-0.2, -0.15) is 0 Å². The number of amides is 2. The summed E-state index contributed by atoms with van der Waals surface area (Å²) in [7, 11) is -3.85. The predicted octanol–water partition coefficient (Wildman–Crippen LogP) is 3.38. The Morgan fingerprint density at radius 2 is 1.53 bits per heavy atom. The van der Waals surface area contributed by atoms with E-state index in [2.05, 4.69) is 15.4 Å². The van der Waals surface area contributed by atoms with E-state index in [1.807, 2.05) is 30.3 Å². The Labute approximate surface area is 175 Å². The molecule has 3 N–H and O–H groups in total. The minimum atomic E-state index is -3.85. The predicted molar refractivity (Wildman–Crippen MR) is 116 cm³/mol.